The molecule has 0 radical (unpaired) electrons. The van der Waals surface area contributed by atoms with E-state index in [1.165, 1.54) is 24.1 Å². The third-order valence-corrected chi connectivity index (χ3v) is 14.7. The Kier molecular flexibility index (Phi) is 10.5. The summed E-state index contributed by atoms with van der Waals surface area (Å²) in [5.41, 5.74) is 4.02. The van der Waals surface area contributed by atoms with E-state index in [0.29, 0.717) is 62.5 Å². The zero-order valence-corrected chi connectivity index (χ0v) is 35.5. The molecule has 2 N–H and O–H groups in total. The fraction of sp³-hybridized carbons (Fsp3) is 0.478. The Morgan fingerprint density at radius 1 is 0.953 bits per heavy atom. The number of nitrogens with one attached hydrogen (secondary N) is 2. The lowest BCUT2D eigenvalue weighted by molar-refractivity contribution is -0.137. The molecule has 6 aliphatic rings. The molecule has 336 valence electrons. The summed E-state index contributed by atoms with van der Waals surface area (Å²) in [6.45, 7) is 4.25. The van der Waals surface area contributed by atoms with Crippen LogP contribution in [0.25, 0.3) is 10.9 Å². The number of anilines is 1. The SMILES string of the molecule is COc1c2c(cc3c1C(=O)N(C1CCC(=O)NC1=O)C3=O)CN(CC(=O)N1CCC3(CC1)CCN(c1cc(F)c([C@@H]4c5ccc6[nH]ncc6c5C[C@@H](C)N4CC(F)F)c(F)c1)CC3)C2. The first-order valence-electron chi connectivity index (χ1n) is 21.9. The molecule has 4 aromatic rings. The number of rotatable bonds is 8. The minimum absolute atomic E-state index is 0.0150. The van der Waals surface area contributed by atoms with Gasteiger partial charge in [-0.2, -0.15) is 5.10 Å². The number of aromatic nitrogens is 2. The standard InChI is InChI=1S/C46H48F4N8O6/c1-24-15-28-27(3-4-34-30(28)19-51-53-34)41(57(24)22-36(49)50)40-32(47)17-26(18-33(40)48)55-11-7-46(8-12-55)9-13-56(14-10-46)38(60)23-54-20-25-16-29-39(42(64-2)31(25)21-54)45(63)58(44(29)62)35-5-6-37(59)52-43(35)61/h3-4,16-19,24,35-36,41H,5-15,20-23H2,1-2H3,(H,51,53)(H,52,59,61)/t24-,35?,41+/m1/s1. The third kappa shape index (κ3) is 7.00. The van der Waals surface area contributed by atoms with E-state index >= 15 is 8.78 Å². The Morgan fingerprint density at radius 2 is 1.67 bits per heavy atom. The van der Waals surface area contributed by atoms with Crippen molar-refractivity contribution in [2.75, 3.05) is 51.3 Å². The maximum absolute atomic E-state index is 16.4. The van der Waals surface area contributed by atoms with Crippen molar-refractivity contribution in [3.05, 3.63) is 87.1 Å². The average Bonchev–Trinajstić information content (AvgIpc) is 3.97. The number of hydrogen-bond donors (Lipinski definition) is 2. The number of nitrogens with zero attached hydrogens (tertiary/aromatic N) is 6. The van der Waals surface area contributed by atoms with Gasteiger partial charge in [0.1, 0.15) is 23.4 Å². The summed E-state index contributed by atoms with van der Waals surface area (Å²) >= 11 is 0. The Morgan fingerprint density at radius 3 is 2.36 bits per heavy atom. The van der Waals surface area contributed by atoms with Crippen LogP contribution in [0.15, 0.2) is 36.5 Å². The highest BCUT2D eigenvalue weighted by Gasteiger charge is 2.48. The highest BCUT2D eigenvalue weighted by atomic mass is 19.3. The lowest BCUT2D eigenvalue weighted by atomic mass is 9.71. The van der Waals surface area contributed by atoms with Crippen LogP contribution >= 0.6 is 0 Å². The zero-order chi connectivity index (χ0) is 44.8. The summed E-state index contributed by atoms with van der Waals surface area (Å²) in [5, 5.41) is 10.1. The number of carbonyl (C=O) groups is 5. The average molecular weight is 885 g/mol. The topological polar surface area (TPSA) is 151 Å². The second-order valence-corrected chi connectivity index (χ2v) is 18.3. The third-order valence-electron chi connectivity index (χ3n) is 14.7. The van der Waals surface area contributed by atoms with Gasteiger partial charge in [0.25, 0.3) is 18.2 Å². The summed E-state index contributed by atoms with van der Waals surface area (Å²) in [6, 6.07) is 5.30. The predicted octanol–water partition coefficient (Wildman–Crippen LogP) is 5.08. The number of hydrogen-bond acceptors (Lipinski definition) is 10. The van der Waals surface area contributed by atoms with Crippen LogP contribution in [0.2, 0.25) is 0 Å². The molecule has 5 amide bonds. The van der Waals surface area contributed by atoms with E-state index in [2.05, 4.69) is 15.5 Å². The van der Waals surface area contributed by atoms with Crippen molar-refractivity contribution in [1.82, 2.24) is 35.1 Å². The Labute approximate surface area is 365 Å². The van der Waals surface area contributed by atoms with Crippen LogP contribution in [0.1, 0.15) is 100 Å². The van der Waals surface area contributed by atoms with Gasteiger partial charge in [0.15, 0.2) is 0 Å². The molecule has 1 spiro atoms. The number of imide groups is 2. The molecule has 1 unspecified atom stereocenters. The quantitative estimate of drug-likeness (QED) is 0.181. The fourth-order valence-corrected chi connectivity index (χ4v) is 11.3. The molecule has 3 saturated heterocycles. The molecular formula is C46H48F4N8O6. The number of ether oxygens (including phenoxy) is 1. The largest absolute Gasteiger partial charge is 0.496 e. The van der Waals surface area contributed by atoms with Gasteiger partial charge in [-0.25, -0.2) is 17.6 Å². The molecule has 10 rings (SSSR count). The molecule has 0 bridgehead atoms. The highest BCUT2D eigenvalue weighted by molar-refractivity contribution is 6.25. The van der Waals surface area contributed by atoms with Crippen molar-refractivity contribution >= 4 is 46.1 Å². The van der Waals surface area contributed by atoms with E-state index in [1.807, 2.05) is 14.7 Å². The molecule has 3 atom stereocenters. The van der Waals surface area contributed by atoms with Gasteiger partial charge in [0, 0.05) is 73.9 Å². The smallest absolute Gasteiger partial charge is 0.266 e. The summed E-state index contributed by atoms with van der Waals surface area (Å²) in [5.74, 6) is -3.75. The van der Waals surface area contributed by atoms with Crippen LogP contribution in [-0.2, 0) is 33.9 Å². The maximum Gasteiger partial charge on any atom is 0.266 e. The molecule has 3 fully saturated rings. The number of aromatic amines is 1. The monoisotopic (exact) mass is 884 g/mol. The Bertz CT molecular complexity index is 2600. The number of H-pyrrole nitrogens is 1. The number of piperidine rings is 3. The van der Waals surface area contributed by atoms with Crippen molar-refractivity contribution in [3.63, 3.8) is 0 Å². The van der Waals surface area contributed by atoms with Gasteiger partial charge in [0.2, 0.25) is 17.7 Å². The highest BCUT2D eigenvalue weighted by Crippen LogP contribution is 2.46. The second-order valence-electron chi connectivity index (χ2n) is 18.3. The number of amides is 5. The van der Waals surface area contributed by atoms with E-state index in [1.54, 1.807) is 31.3 Å². The van der Waals surface area contributed by atoms with E-state index in [4.69, 9.17) is 4.74 Å². The van der Waals surface area contributed by atoms with Gasteiger partial charge in [-0.3, -0.25) is 49.1 Å². The van der Waals surface area contributed by atoms with Crippen LogP contribution in [0.5, 0.6) is 5.75 Å². The van der Waals surface area contributed by atoms with Crippen LogP contribution in [0, 0.1) is 17.0 Å². The summed E-state index contributed by atoms with van der Waals surface area (Å²) in [7, 11) is 1.42. The predicted molar refractivity (Wildman–Crippen MR) is 224 cm³/mol. The van der Waals surface area contributed by atoms with Crippen LogP contribution in [0.3, 0.4) is 0 Å². The molecule has 0 saturated carbocycles. The fourth-order valence-electron chi connectivity index (χ4n) is 11.3. The molecule has 3 aromatic carbocycles. The van der Waals surface area contributed by atoms with E-state index in [9.17, 15) is 32.8 Å². The Balaban J connectivity index is 0.771. The van der Waals surface area contributed by atoms with Crippen LogP contribution in [0.4, 0.5) is 23.2 Å². The summed E-state index contributed by atoms with van der Waals surface area (Å²) < 4.78 is 66.3. The molecule has 1 aromatic heterocycles. The lowest BCUT2D eigenvalue weighted by Gasteiger charge is -2.47. The van der Waals surface area contributed by atoms with Crippen molar-refractivity contribution in [1.29, 1.82) is 0 Å². The van der Waals surface area contributed by atoms with Gasteiger partial charge in [-0.15, -0.1) is 0 Å². The molecule has 6 aliphatic heterocycles. The van der Waals surface area contributed by atoms with E-state index < -0.39 is 66.4 Å². The van der Waals surface area contributed by atoms with Gasteiger partial charge < -0.3 is 14.5 Å². The number of benzene rings is 3. The number of halogens is 4. The van der Waals surface area contributed by atoms with Gasteiger partial charge in [0.05, 0.1) is 49.1 Å². The number of fused-ring (bicyclic) bond motifs is 5. The molecule has 64 heavy (non-hydrogen) atoms. The van der Waals surface area contributed by atoms with Crippen molar-refractivity contribution in [3.8, 4) is 5.75 Å². The van der Waals surface area contributed by atoms with Crippen molar-refractivity contribution in [2.24, 2.45) is 5.41 Å². The minimum Gasteiger partial charge on any atom is -0.496 e. The molecule has 14 nitrogen and oxygen atoms in total. The minimum atomic E-state index is -2.69. The van der Waals surface area contributed by atoms with E-state index in [-0.39, 0.29) is 53.1 Å². The van der Waals surface area contributed by atoms with Crippen molar-refractivity contribution in [2.45, 2.75) is 89.5 Å². The number of methoxy groups -OCH3 is 1. The van der Waals surface area contributed by atoms with Gasteiger partial charge in [-0.05, 0) is 91.8 Å². The second kappa shape index (κ2) is 16.0. The van der Waals surface area contributed by atoms with E-state index in [0.717, 1.165) is 52.6 Å². The molecule has 7 heterocycles. The first-order valence-corrected chi connectivity index (χ1v) is 21.9. The Hall–Kier alpha value is -5.88. The maximum atomic E-state index is 16.4. The molecule has 18 heteroatoms. The number of carbonyl (C=O) groups excluding carboxylic acids is 5. The van der Waals surface area contributed by atoms with Crippen LogP contribution < -0.4 is 15.0 Å². The normalized spacial score (nSPS) is 23.6. The lowest BCUT2D eigenvalue weighted by Crippen LogP contribution is -2.54. The first kappa shape index (κ1) is 42.1. The van der Waals surface area contributed by atoms with Crippen molar-refractivity contribution < 1.29 is 46.3 Å². The summed E-state index contributed by atoms with van der Waals surface area (Å²) in [6.07, 6.45) is 2.59. The molecular weight excluding hydrogens is 837 g/mol. The van der Waals surface area contributed by atoms with Gasteiger partial charge >= 0.3 is 0 Å². The summed E-state index contributed by atoms with van der Waals surface area (Å²) in [4.78, 5) is 73.4. The van der Waals surface area contributed by atoms with Gasteiger partial charge in [-0.1, -0.05) is 6.07 Å². The first-order chi connectivity index (χ1) is 30.7. The molecule has 0 aliphatic carbocycles. The zero-order valence-electron chi connectivity index (χ0n) is 35.5. The number of likely N-dealkylation sites (tertiary alicyclic amines) is 1. The number of alkyl halides is 2. The van der Waals surface area contributed by atoms with Crippen LogP contribution in [-0.4, -0.2) is 124 Å².